The molecule has 0 aliphatic carbocycles. The third kappa shape index (κ3) is 2.67. The Kier molecular flexibility index (Phi) is 6.54. The van der Waals surface area contributed by atoms with Gasteiger partial charge in [-0.25, -0.2) is 0 Å². The maximum Gasteiger partial charge on any atom is 2.00 e. The molecule has 0 saturated heterocycles. The second-order valence-electron chi connectivity index (χ2n) is 3.85. The predicted octanol–water partition coefficient (Wildman–Crippen LogP) is 0.194. The fraction of sp³-hybridized carbons (Fsp3) is 0. The van der Waals surface area contributed by atoms with Gasteiger partial charge in [-0.05, 0) is 0 Å². The summed E-state index contributed by atoms with van der Waals surface area (Å²) in [6.07, 6.45) is 0. The molecule has 27 heavy (non-hydrogen) atoms. The van der Waals surface area contributed by atoms with E-state index in [1.807, 2.05) is 0 Å². The first-order chi connectivity index (χ1) is 11.9. The topological polar surface area (TPSA) is 285 Å². The zero-order chi connectivity index (χ0) is 21.3. The summed E-state index contributed by atoms with van der Waals surface area (Å²) in [6.45, 7) is 0. The van der Waals surface area contributed by atoms with Crippen LogP contribution in [0.3, 0.4) is 0 Å². The Bertz CT molecular complexity index is 882. The summed E-state index contributed by atoms with van der Waals surface area (Å²) in [5.41, 5.74) is 0. The number of hydrogen-bond acceptors (Lipinski definition) is 12. The van der Waals surface area contributed by atoms with E-state index in [0.717, 1.165) is 59.6 Å². The van der Waals surface area contributed by atoms with E-state index in [0.29, 0.717) is 0 Å². The van der Waals surface area contributed by atoms with Crippen molar-refractivity contribution in [2.45, 2.75) is 0 Å². The molecule has 0 aliphatic heterocycles. The molecule has 0 spiro atoms. The molecule has 0 bridgehead atoms. The van der Waals surface area contributed by atoms with Gasteiger partial charge in [0.1, 0.15) is 0 Å². The molecule has 0 heterocycles. The average Bonchev–Trinajstić information content (AvgIpc) is 2.77. The van der Waals surface area contributed by atoms with Crippen LogP contribution in [0, 0.1) is 123 Å². The Labute approximate surface area is 163 Å². The van der Waals surface area contributed by atoms with Crippen molar-refractivity contribution in [2.24, 2.45) is 0 Å². The number of nitriles is 12. The van der Waals surface area contributed by atoms with Gasteiger partial charge in [-0.2, -0.15) is 0 Å². The van der Waals surface area contributed by atoms with Crippen LogP contribution < -0.4 is 0 Å². The average molecular weight is 487 g/mol. The van der Waals surface area contributed by atoms with Gasteiger partial charge in [0, 0.05) is 0 Å². The molecule has 15 heteroatoms. The molecule has 0 saturated carbocycles. The van der Waals surface area contributed by atoms with Crippen molar-refractivity contribution in [1.82, 2.24) is 0 Å². The first-order valence-electron chi connectivity index (χ1n) is 4.95. The number of rotatable bonds is 0. The molecular formula is C12Mn2N12Zn. The quantitative estimate of drug-likeness (QED) is 0.413. The van der Waals surface area contributed by atoms with Crippen LogP contribution in [0.4, 0.5) is 0 Å². The van der Waals surface area contributed by atoms with Crippen LogP contribution in [-0.2, 0) is 40.9 Å². The van der Waals surface area contributed by atoms with Crippen molar-refractivity contribution in [3.05, 3.63) is 0 Å². The first kappa shape index (κ1) is 27.4. The summed E-state index contributed by atoms with van der Waals surface area (Å²) < 4.78 is 0. The normalized spacial score (nSPS) is 12.9. The molecule has 0 amide bonds. The van der Waals surface area contributed by atoms with Crippen molar-refractivity contribution in [2.75, 3.05) is 0 Å². The standard InChI is InChI=1S/12CN.2Mn.Zn/c12*1-2;;;/q;;;;;;;;;;;;2*-1;+2. The molecule has 0 aliphatic rings. The zero-order valence-corrected chi connectivity index (χ0v) is 18.2. The van der Waals surface area contributed by atoms with Gasteiger partial charge in [-0.1, -0.05) is 0 Å². The molecule has 0 radical (unpaired) electrons. The molecule has 12 nitrogen and oxygen atoms in total. The van der Waals surface area contributed by atoms with Crippen LogP contribution in [0.2, 0.25) is 0 Å². The Morgan fingerprint density at radius 2 is 0.333 bits per heavy atom. The van der Waals surface area contributed by atoms with E-state index in [9.17, 15) is 0 Å². The largest absolute Gasteiger partial charge is 2.00 e. The molecule has 0 unspecified atom stereocenters. The fourth-order valence-corrected chi connectivity index (χ4v) is 2.34. The third-order valence-corrected chi connectivity index (χ3v) is 10.5. The summed E-state index contributed by atoms with van der Waals surface area (Å²) in [4.78, 5) is 12.5. The minimum absolute atomic E-state index is 0. The second kappa shape index (κ2) is 6.45. The van der Waals surface area contributed by atoms with Crippen LogP contribution in [0.5, 0.6) is 0 Å². The van der Waals surface area contributed by atoms with Crippen LogP contribution >= 0.6 is 0 Å². The van der Waals surface area contributed by atoms with E-state index in [2.05, 4.69) is 0 Å². The first-order valence-corrected chi connectivity index (χ1v) is 12.0. The van der Waals surface area contributed by atoms with Crippen LogP contribution in [0.15, 0.2) is 0 Å². The van der Waals surface area contributed by atoms with Crippen molar-refractivity contribution in [3.8, 4) is 59.6 Å². The molecule has 0 atom stereocenters. The van der Waals surface area contributed by atoms with E-state index in [4.69, 9.17) is 63.1 Å². The van der Waals surface area contributed by atoms with E-state index >= 15 is 0 Å². The van der Waals surface area contributed by atoms with Crippen molar-refractivity contribution < 1.29 is 40.9 Å². The Hall–Kier alpha value is -4.46. The molecule has 0 aromatic carbocycles. The molecule has 0 aromatic rings. The SMILES string of the molecule is N#[C][Mn-]([C]#N)([C]#N)([C]#N)([C]#N)[C]#N.N#[C][Mn-]([C]#N)([C]#N)([C]#N)([C]#N)[C]#N.[Zn+2]. The van der Waals surface area contributed by atoms with Gasteiger partial charge in [0.25, 0.3) is 0 Å². The maximum atomic E-state index is 8.58. The van der Waals surface area contributed by atoms with Gasteiger partial charge in [0.05, 0.1) is 0 Å². The Balaban J connectivity index is -0.000000411. The second-order valence-corrected chi connectivity index (χ2v) is 15.9. The summed E-state index contributed by atoms with van der Waals surface area (Å²) in [6, 6.07) is 0. The molecule has 0 fully saturated rings. The molecule has 0 N–H and O–H groups in total. The summed E-state index contributed by atoms with van der Waals surface area (Å²) in [7, 11) is -12.6. The van der Waals surface area contributed by atoms with Crippen molar-refractivity contribution in [1.29, 1.82) is 63.1 Å². The predicted molar refractivity (Wildman–Crippen MR) is 67.4 cm³/mol. The smallest absolute Gasteiger partial charge is 2.00 e. The van der Waals surface area contributed by atoms with Crippen molar-refractivity contribution in [3.63, 3.8) is 0 Å². The third-order valence-electron chi connectivity index (χ3n) is 2.54. The van der Waals surface area contributed by atoms with Gasteiger partial charge < -0.3 is 0 Å². The summed E-state index contributed by atoms with van der Waals surface area (Å²) in [5, 5.41) is 103. The molecule has 0 rings (SSSR count). The maximum absolute atomic E-state index is 8.58. The van der Waals surface area contributed by atoms with Crippen LogP contribution in [-0.4, -0.2) is 0 Å². The van der Waals surface area contributed by atoms with E-state index in [1.54, 1.807) is 0 Å². The van der Waals surface area contributed by atoms with Gasteiger partial charge in [-0.3, -0.25) is 0 Å². The summed E-state index contributed by atoms with van der Waals surface area (Å²) in [5.74, 6) is 0. The van der Waals surface area contributed by atoms with E-state index in [1.165, 1.54) is 0 Å². The monoisotopic (exact) mass is 486 g/mol. The Morgan fingerprint density at radius 3 is 0.333 bits per heavy atom. The number of nitrogens with zero attached hydrogens (tertiary/aromatic N) is 12. The minimum Gasteiger partial charge on any atom is 2.00 e. The van der Waals surface area contributed by atoms with E-state index in [-0.39, 0.29) is 19.5 Å². The molecule has 124 valence electrons. The van der Waals surface area contributed by atoms with Gasteiger partial charge >= 0.3 is 164 Å². The molecule has 0 aromatic heterocycles. The minimum atomic E-state index is -6.30. The van der Waals surface area contributed by atoms with Crippen LogP contribution in [0.1, 0.15) is 0 Å². The van der Waals surface area contributed by atoms with Crippen LogP contribution in [0.25, 0.3) is 0 Å². The summed E-state index contributed by atoms with van der Waals surface area (Å²) >= 11 is 0. The Morgan fingerprint density at radius 1 is 0.259 bits per heavy atom. The number of hydrogen-bond donors (Lipinski definition) is 0. The fourth-order valence-electron chi connectivity index (χ4n) is 0.567. The van der Waals surface area contributed by atoms with Gasteiger partial charge in [0.2, 0.25) is 0 Å². The van der Waals surface area contributed by atoms with Crippen molar-refractivity contribution >= 4 is 0 Å². The van der Waals surface area contributed by atoms with E-state index < -0.39 is 21.5 Å². The zero-order valence-electron chi connectivity index (χ0n) is 12.8. The van der Waals surface area contributed by atoms with Gasteiger partial charge in [-0.15, -0.1) is 0 Å². The molecular weight excluding hydrogens is 487 g/mol. The van der Waals surface area contributed by atoms with Gasteiger partial charge in [0.15, 0.2) is 0 Å².